The summed E-state index contributed by atoms with van der Waals surface area (Å²) in [5.41, 5.74) is -1.82. The van der Waals surface area contributed by atoms with E-state index >= 15 is 0 Å². The van der Waals surface area contributed by atoms with Crippen LogP contribution in [0.3, 0.4) is 0 Å². The van der Waals surface area contributed by atoms with E-state index in [0.717, 1.165) is 21.2 Å². The molecule has 218 valence electrons. The molecule has 2 aromatic rings. The van der Waals surface area contributed by atoms with Crippen molar-refractivity contribution in [2.45, 2.75) is 49.0 Å². The van der Waals surface area contributed by atoms with Crippen molar-refractivity contribution in [2.24, 2.45) is 7.05 Å². The van der Waals surface area contributed by atoms with E-state index in [9.17, 15) is 33.9 Å². The number of carbonyl (C=O) groups is 4. The maximum absolute atomic E-state index is 13.3. The van der Waals surface area contributed by atoms with Gasteiger partial charge in [-0.05, 0) is 31.9 Å². The van der Waals surface area contributed by atoms with E-state index in [4.69, 9.17) is 4.74 Å². The van der Waals surface area contributed by atoms with Crippen molar-refractivity contribution in [3.8, 4) is 0 Å². The fourth-order valence-corrected chi connectivity index (χ4v) is 6.55. The summed E-state index contributed by atoms with van der Waals surface area (Å²) < 4.78 is 6.35. The van der Waals surface area contributed by atoms with E-state index in [0.29, 0.717) is 11.1 Å². The van der Waals surface area contributed by atoms with Gasteiger partial charge >= 0.3 is 23.2 Å². The van der Waals surface area contributed by atoms with E-state index in [-0.39, 0.29) is 22.4 Å². The Kier molecular flexibility index (Phi) is 8.63. The molecule has 41 heavy (non-hydrogen) atoms. The predicted octanol–water partition coefficient (Wildman–Crippen LogP) is 0.565. The fourth-order valence-electron chi connectivity index (χ4n) is 4.14. The molecule has 3 atom stereocenters. The minimum Gasteiger partial charge on any atom is -0.477 e. The average molecular weight is 605 g/mol. The number of β-lactam (4-membered cyclic amide) rings is 1. The molecule has 4 N–H and O–H groups in total. The minimum absolute atomic E-state index is 0.0877. The summed E-state index contributed by atoms with van der Waals surface area (Å²) in [6.45, 7) is 5.06. The first kappa shape index (κ1) is 29.9. The van der Waals surface area contributed by atoms with E-state index < -0.39 is 58.1 Å². The molecule has 1 saturated heterocycles. The number of nitrogens with zero attached hydrogens (tertiary/aromatic N) is 3. The number of benzene rings is 1. The lowest BCUT2D eigenvalue weighted by atomic mass is 10.0. The highest BCUT2D eigenvalue weighted by atomic mass is 32.2. The van der Waals surface area contributed by atoms with Gasteiger partial charge in [0.1, 0.15) is 28.8 Å². The summed E-state index contributed by atoms with van der Waals surface area (Å²) in [5, 5.41) is 20.6. The standard InChI is InChI=1S/C25H28N6O8S2/c1-25(2,3)39-24(38)27-14(12-8-6-5-7-9-12)17(32)26-15-19(34)31-16(22(36)37)13(10-40-21(15)31)11-41-23-29-28-18(33)20(35)30(23)4/h5-9,14-15,21H,10-11H2,1-4H3,(H,26,32)(H,27,38)(H,28,33)(H,36,37)/t14?,15-,21-/m0/s1. The number of thioether (sulfide) groups is 2. The molecule has 2 aliphatic rings. The highest BCUT2D eigenvalue weighted by Gasteiger charge is 2.54. The van der Waals surface area contributed by atoms with Crippen LogP contribution in [0.25, 0.3) is 0 Å². The molecular formula is C25H28N6O8S2. The van der Waals surface area contributed by atoms with Crippen molar-refractivity contribution < 1.29 is 29.0 Å². The Morgan fingerprint density at radius 3 is 2.54 bits per heavy atom. The quantitative estimate of drug-likeness (QED) is 0.187. The largest absolute Gasteiger partial charge is 0.477 e. The zero-order valence-electron chi connectivity index (χ0n) is 22.5. The van der Waals surface area contributed by atoms with Crippen LogP contribution in [0.15, 0.2) is 56.3 Å². The van der Waals surface area contributed by atoms with E-state index in [1.165, 1.54) is 18.8 Å². The number of hydrogen-bond acceptors (Lipinski definition) is 10. The fraction of sp³-hybridized carbons (Fsp3) is 0.400. The van der Waals surface area contributed by atoms with Crippen molar-refractivity contribution in [2.75, 3.05) is 11.5 Å². The number of aliphatic carboxylic acids is 1. The van der Waals surface area contributed by atoms with Crippen molar-refractivity contribution in [3.63, 3.8) is 0 Å². The topological polar surface area (TPSA) is 193 Å². The molecule has 0 radical (unpaired) electrons. The first-order valence-corrected chi connectivity index (χ1v) is 14.3. The van der Waals surface area contributed by atoms with E-state index in [1.807, 2.05) is 0 Å². The Bertz CT molecular complexity index is 1530. The number of hydrogen-bond donors (Lipinski definition) is 4. The van der Waals surface area contributed by atoms with Crippen molar-refractivity contribution in [1.29, 1.82) is 0 Å². The molecule has 1 aromatic heterocycles. The second-order valence-electron chi connectivity index (χ2n) is 10.1. The number of carboxylic acids is 1. The summed E-state index contributed by atoms with van der Waals surface area (Å²) in [4.78, 5) is 75.6. The maximum atomic E-state index is 13.3. The maximum Gasteiger partial charge on any atom is 0.408 e. The van der Waals surface area contributed by atoms with Gasteiger partial charge in [0.05, 0.1) is 0 Å². The summed E-state index contributed by atoms with van der Waals surface area (Å²) in [7, 11) is 1.37. The lowest BCUT2D eigenvalue weighted by Crippen LogP contribution is -2.71. The molecule has 1 aromatic carbocycles. The van der Waals surface area contributed by atoms with Gasteiger partial charge in [0.2, 0.25) is 5.91 Å². The van der Waals surface area contributed by atoms with Crippen molar-refractivity contribution in [3.05, 3.63) is 67.9 Å². The molecule has 0 aliphatic carbocycles. The van der Waals surface area contributed by atoms with Crippen LogP contribution in [-0.2, 0) is 26.2 Å². The van der Waals surface area contributed by atoms with E-state index in [1.54, 1.807) is 51.1 Å². The average Bonchev–Trinajstić information content (AvgIpc) is 2.91. The number of rotatable bonds is 8. The monoisotopic (exact) mass is 604 g/mol. The third kappa shape index (κ3) is 6.48. The number of carbonyl (C=O) groups excluding carboxylic acids is 3. The third-order valence-electron chi connectivity index (χ3n) is 6.02. The lowest BCUT2D eigenvalue weighted by Gasteiger charge is -2.49. The SMILES string of the molecule is Cn1c(SCC2=C(C(=O)O)N3C(=O)[C@H](NC(=O)C(NC(=O)OC(C)(C)C)c4ccccc4)[C@@H]3SC2)n[nH]c(=O)c1=O. The van der Waals surface area contributed by atoms with Crippen LogP contribution < -0.4 is 21.8 Å². The number of nitrogens with one attached hydrogen (secondary N) is 3. The number of H-pyrrole nitrogens is 1. The zero-order chi connectivity index (χ0) is 30.1. The lowest BCUT2D eigenvalue weighted by molar-refractivity contribution is -0.151. The zero-order valence-corrected chi connectivity index (χ0v) is 24.1. The molecular weight excluding hydrogens is 576 g/mol. The third-order valence-corrected chi connectivity index (χ3v) is 8.47. The molecule has 4 rings (SSSR count). The summed E-state index contributed by atoms with van der Waals surface area (Å²) in [6.07, 6.45) is -0.817. The van der Waals surface area contributed by atoms with Gasteiger partial charge in [-0.15, -0.1) is 16.9 Å². The highest BCUT2D eigenvalue weighted by molar-refractivity contribution is 8.01. The number of ether oxygens (including phenoxy) is 1. The Morgan fingerprint density at radius 2 is 1.90 bits per heavy atom. The normalized spacial score (nSPS) is 19.1. The molecule has 0 saturated carbocycles. The second kappa shape index (κ2) is 11.8. The van der Waals surface area contributed by atoms with Crippen LogP contribution in [0.4, 0.5) is 4.79 Å². The molecule has 2 aliphatic heterocycles. The van der Waals surface area contributed by atoms with Crippen LogP contribution in [0.5, 0.6) is 0 Å². The number of aromatic nitrogens is 3. The number of amides is 3. The number of fused-ring (bicyclic) bond motifs is 1. The van der Waals surface area contributed by atoms with Gasteiger partial charge in [0.25, 0.3) is 5.91 Å². The molecule has 1 unspecified atom stereocenters. The Labute approximate surface area is 241 Å². The first-order valence-electron chi connectivity index (χ1n) is 12.3. The van der Waals surface area contributed by atoms with Crippen LogP contribution in [0.2, 0.25) is 0 Å². The molecule has 16 heteroatoms. The summed E-state index contributed by atoms with van der Waals surface area (Å²) in [5.74, 6) is -2.28. The van der Waals surface area contributed by atoms with Gasteiger partial charge in [-0.1, -0.05) is 42.1 Å². The Balaban J connectivity index is 1.50. The molecule has 14 nitrogen and oxygen atoms in total. The van der Waals surface area contributed by atoms with Gasteiger partial charge in [-0.2, -0.15) is 0 Å². The number of alkyl carbamates (subject to hydrolysis) is 1. The molecule has 1 fully saturated rings. The Hall–Kier alpha value is -4.05. The smallest absolute Gasteiger partial charge is 0.408 e. The molecule has 3 amide bonds. The predicted molar refractivity (Wildman–Crippen MR) is 149 cm³/mol. The van der Waals surface area contributed by atoms with E-state index in [2.05, 4.69) is 20.8 Å². The highest BCUT2D eigenvalue weighted by Crippen LogP contribution is 2.41. The van der Waals surface area contributed by atoms with Gasteiger partial charge in [-0.25, -0.2) is 14.7 Å². The van der Waals surface area contributed by atoms with Gasteiger partial charge in [-0.3, -0.25) is 28.6 Å². The van der Waals surface area contributed by atoms with Crippen LogP contribution in [0.1, 0.15) is 32.4 Å². The number of carboxylic acid groups (broad SMARTS) is 1. The Morgan fingerprint density at radius 1 is 1.22 bits per heavy atom. The van der Waals surface area contributed by atoms with Crippen molar-refractivity contribution >= 4 is 47.4 Å². The van der Waals surface area contributed by atoms with Gasteiger partial charge < -0.3 is 20.5 Å². The summed E-state index contributed by atoms with van der Waals surface area (Å²) in [6, 6.07) is 6.25. The second-order valence-corrected chi connectivity index (χ2v) is 12.2. The number of aromatic amines is 1. The molecule has 0 spiro atoms. The van der Waals surface area contributed by atoms with Gasteiger partial charge in [0.15, 0.2) is 5.16 Å². The van der Waals surface area contributed by atoms with Gasteiger partial charge in [0, 0.05) is 18.6 Å². The molecule has 0 bridgehead atoms. The van der Waals surface area contributed by atoms with Crippen molar-refractivity contribution in [1.82, 2.24) is 30.3 Å². The minimum atomic E-state index is -1.32. The molecule has 3 heterocycles. The van der Waals surface area contributed by atoms with Crippen LogP contribution >= 0.6 is 23.5 Å². The summed E-state index contributed by atoms with van der Waals surface area (Å²) >= 11 is 2.30. The first-order chi connectivity index (χ1) is 19.3. The van der Waals surface area contributed by atoms with Crippen LogP contribution in [-0.4, -0.2) is 77.2 Å². The van der Waals surface area contributed by atoms with Crippen LogP contribution in [0, 0.1) is 0 Å².